The Kier molecular flexibility index (Phi) is 3.59. The fourth-order valence-electron chi connectivity index (χ4n) is 2.82. The molecule has 3 rings (SSSR count). The van der Waals surface area contributed by atoms with Crippen molar-refractivity contribution >= 4 is 10.0 Å². The van der Waals surface area contributed by atoms with Gasteiger partial charge in [-0.2, -0.15) is 4.31 Å². The van der Waals surface area contributed by atoms with Gasteiger partial charge in [-0.1, -0.05) is 23.4 Å². The van der Waals surface area contributed by atoms with Crippen LogP contribution in [0.4, 0.5) is 0 Å². The van der Waals surface area contributed by atoms with Crippen molar-refractivity contribution in [1.29, 1.82) is 0 Å². The number of aromatic nitrogens is 1. The first-order valence-corrected chi connectivity index (χ1v) is 8.45. The molecular formula is C15H18N2O3S. The molecule has 0 bridgehead atoms. The predicted octanol–water partition coefficient (Wildman–Crippen LogP) is 2.82. The molecule has 0 radical (unpaired) electrons. The molecule has 2 heterocycles. The van der Waals surface area contributed by atoms with Gasteiger partial charge < -0.3 is 4.52 Å². The van der Waals surface area contributed by atoms with Crippen LogP contribution in [0.1, 0.15) is 35.9 Å². The van der Waals surface area contributed by atoms with E-state index in [1.807, 2.05) is 32.0 Å². The van der Waals surface area contributed by atoms with Crippen molar-refractivity contribution in [1.82, 2.24) is 9.46 Å². The van der Waals surface area contributed by atoms with E-state index in [1.54, 1.807) is 12.1 Å². The van der Waals surface area contributed by atoms with Crippen LogP contribution < -0.4 is 0 Å². The summed E-state index contributed by atoms with van der Waals surface area (Å²) in [7, 11) is -3.51. The minimum atomic E-state index is -3.51. The van der Waals surface area contributed by atoms with Crippen molar-refractivity contribution in [3.05, 3.63) is 47.3 Å². The van der Waals surface area contributed by atoms with E-state index >= 15 is 0 Å². The summed E-state index contributed by atoms with van der Waals surface area (Å²) in [5.74, 6) is 0.627. The summed E-state index contributed by atoms with van der Waals surface area (Å²) in [4.78, 5) is 0.369. The summed E-state index contributed by atoms with van der Waals surface area (Å²) >= 11 is 0. The molecule has 1 fully saturated rings. The third-order valence-corrected chi connectivity index (χ3v) is 5.93. The van der Waals surface area contributed by atoms with Gasteiger partial charge in [0.05, 0.1) is 16.6 Å². The molecular weight excluding hydrogens is 288 g/mol. The maximum Gasteiger partial charge on any atom is 0.244 e. The van der Waals surface area contributed by atoms with Crippen molar-refractivity contribution in [2.45, 2.75) is 37.6 Å². The number of hydrogen-bond donors (Lipinski definition) is 0. The molecule has 21 heavy (non-hydrogen) atoms. The van der Waals surface area contributed by atoms with E-state index < -0.39 is 10.0 Å². The summed E-state index contributed by atoms with van der Waals surface area (Å²) in [6, 6.07) is 8.63. The van der Waals surface area contributed by atoms with Gasteiger partial charge in [0, 0.05) is 12.6 Å². The molecule has 1 aromatic carbocycles. The van der Waals surface area contributed by atoms with Gasteiger partial charge in [0.25, 0.3) is 0 Å². The molecule has 1 aliphatic rings. The Morgan fingerprint density at radius 1 is 1.29 bits per heavy atom. The smallest absolute Gasteiger partial charge is 0.244 e. The molecule has 0 saturated carbocycles. The van der Waals surface area contributed by atoms with E-state index in [-0.39, 0.29) is 6.04 Å². The Labute approximate surface area is 124 Å². The van der Waals surface area contributed by atoms with E-state index in [0.29, 0.717) is 17.2 Å². The second kappa shape index (κ2) is 5.27. The van der Waals surface area contributed by atoms with E-state index in [4.69, 9.17) is 4.52 Å². The molecule has 0 aliphatic carbocycles. The van der Waals surface area contributed by atoms with Gasteiger partial charge in [0.2, 0.25) is 10.0 Å². The van der Waals surface area contributed by atoms with Crippen LogP contribution in [0.25, 0.3) is 0 Å². The van der Waals surface area contributed by atoms with Gasteiger partial charge in [0.1, 0.15) is 0 Å². The number of aryl methyl sites for hydroxylation is 2. The van der Waals surface area contributed by atoms with Gasteiger partial charge >= 0.3 is 0 Å². The molecule has 0 unspecified atom stereocenters. The Bertz CT molecular complexity index is 752. The zero-order valence-electron chi connectivity index (χ0n) is 12.1. The monoisotopic (exact) mass is 306 g/mol. The minimum absolute atomic E-state index is 0.254. The van der Waals surface area contributed by atoms with Gasteiger partial charge in [-0.3, -0.25) is 0 Å². The number of rotatable bonds is 3. The first-order chi connectivity index (χ1) is 10.00. The van der Waals surface area contributed by atoms with Crippen LogP contribution in [0.15, 0.2) is 39.8 Å². The summed E-state index contributed by atoms with van der Waals surface area (Å²) in [6.07, 6.45) is 1.59. The van der Waals surface area contributed by atoms with Crippen LogP contribution in [0.3, 0.4) is 0 Å². The zero-order chi connectivity index (χ0) is 15.0. The topological polar surface area (TPSA) is 63.4 Å². The lowest BCUT2D eigenvalue weighted by Gasteiger charge is -2.23. The van der Waals surface area contributed by atoms with Crippen LogP contribution in [0, 0.1) is 13.8 Å². The summed E-state index contributed by atoms with van der Waals surface area (Å²) < 4.78 is 32.6. The number of hydrogen-bond acceptors (Lipinski definition) is 4. The van der Waals surface area contributed by atoms with E-state index in [0.717, 1.165) is 24.1 Å². The molecule has 1 saturated heterocycles. The Hall–Kier alpha value is -1.66. The molecule has 5 nitrogen and oxygen atoms in total. The van der Waals surface area contributed by atoms with Gasteiger partial charge in [-0.05, 0) is 38.3 Å². The van der Waals surface area contributed by atoms with Crippen LogP contribution >= 0.6 is 0 Å². The summed E-state index contributed by atoms with van der Waals surface area (Å²) in [5, 5.41) is 3.87. The SMILES string of the molecule is Cc1cc([C@H]2CCCN2S(=O)(=O)c2ccccc2C)on1. The van der Waals surface area contributed by atoms with Crippen molar-refractivity contribution in [3.63, 3.8) is 0 Å². The number of benzene rings is 1. The summed E-state index contributed by atoms with van der Waals surface area (Å²) in [5.41, 5.74) is 1.53. The fraction of sp³-hybridized carbons (Fsp3) is 0.400. The maximum atomic E-state index is 12.9. The normalized spacial score (nSPS) is 20.0. The van der Waals surface area contributed by atoms with Gasteiger partial charge in [0.15, 0.2) is 5.76 Å². The van der Waals surface area contributed by atoms with E-state index in [1.165, 1.54) is 4.31 Å². The lowest BCUT2D eigenvalue weighted by atomic mass is 10.2. The average molecular weight is 306 g/mol. The molecule has 6 heteroatoms. The van der Waals surface area contributed by atoms with E-state index in [2.05, 4.69) is 5.16 Å². The second-order valence-corrected chi connectivity index (χ2v) is 7.27. The third kappa shape index (κ3) is 2.49. The van der Waals surface area contributed by atoms with Crippen LogP contribution in [0.2, 0.25) is 0 Å². The highest BCUT2D eigenvalue weighted by molar-refractivity contribution is 7.89. The largest absolute Gasteiger partial charge is 0.359 e. The number of nitrogens with zero attached hydrogens (tertiary/aromatic N) is 2. The molecule has 1 aliphatic heterocycles. The first-order valence-electron chi connectivity index (χ1n) is 7.01. The lowest BCUT2D eigenvalue weighted by molar-refractivity contribution is 0.297. The average Bonchev–Trinajstić information content (AvgIpc) is 3.07. The Balaban J connectivity index is 2.00. The van der Waals surface area contributed by atoms with E-state index in [9.17, 15) is 8.42 Å². The highest BCUT2D eigenvalue weighted by Gasteiger charge is 2.38. The van der Waals surface area contributed by atoms with Crippen molar-refractivity contribution < 1.29 is 12.9 Å². The molecule has 1 aromatic heterocycles. The first kappa shape index (κ1) is 14.3. The number of sulfonamides is 1. The minimum Gasteiger partial charge on any atom is -0.359 e. The third-order valence-electron chi connectivity index (χ3n) is 3.86. The predicted molar refractivity (Wildman–Crippen MR) is 78.3 cm³/mol. The van der Waals surface area contributed by atoms with Crippen molar-refractivity contribution in [2.75, 3.05) is 6.54 Å². The maximum absolute atomic E-state index is 12.9. The highest BCUT2D eigenvalue weighted by atomic mass is 32.2. The zero-order valence-corrected chi connectivity index (χ0v) is 12.9. The molecule has 0 spiro atoms. The highest BCUT2D eigenvalue weighted by Crippen LogP contribution is 2.37. The Morgan fingerprint density at radius 3 is 2.71 bits per heavy atom. The van der Waals surface area contributed by atoms with Crippen LogP contribution in [-0.4, -0.2) is 24.4 Å². The van der Waals surface area contributed by atoms with Crippen molar-refractivity contribution in [3.8, 4) is 0 Å². The molecule has 0 N–H and O–H groups in total. The molecule has 2 aromatic rings. The van der Waals surface area contributed by atoms with Crippen LogP contribution in [-0.2, 0) is 10.0 Å². The van der Waals surface area contributed by atoms with Crippen LogP contribution in [0.5, 0.6) is 0 Å². The summed E-state index contributed by atoms with van der Waals surface area (Å²) in [6.45, 7) is 4.17. The second-order valence-electron chi connectivity index (χ2n) is 5.41. The Morgan fingerprint density at radius 2 is 2.05 bits per heavy atom. The molecule has 1 atom stereocenters. The lowest BCUT2D eigenvalue weighted by Crippen LogP contribution is -2.31. The van der Waals surface area contributed by atoms with Crippen molar-refractivity contribution in [2.24, 2.45) is 0 Å². The van der Waals surface area contributed by atoms with Gasteiger partial charge in [-0.15, -0.1) is 0 Å². The molecule has 112 valence electrons. The van der Waals surface area contributed by atoms with Gasteiger partial charge in [-0.25, -0.2) is 8.42 Å². The quantitative estimate of drug-likeness (QED) is 0.874. The fourth-order valence-corrected chi connectivity index (χ4v) is 4.72. The standard InChI is InChI=1S/C15H18N2O3S/c1-11-6-3-4-8-15(11)21(18,19)17-9-5-7-13(17)14-10-12(2)16-20-14/h3-4,6,8,10,13H,5,7,9H2,1-2H3/t13-/m1/s1. The molecule has 0 amide bonds.